The van der Waals surface area contributed by atoms with E-state index in [0.717, 1.165) is 12.8 Å². The van der Waals surface area contributed by atoms with Gasteiger partial charge in [-0.3, -0.25) is 0 Å². The molecule has 1 fully saturated rings. The number of thiophene rings is 1. The van der Waals surface area contributed by atoms with Crippen LogP contribution in [-0.4, -0.2) is 24.4 Å². The Morgan fingerprint density at radius 1 is 1.60 bits per heavy atom. The molecule has 1 saturated carbocycles. The number of aliphatic hydroxyl groups excluding tert-OH is 1. The van der Waals surface area contributed by atoms with Crippen molar-refractivity contribution in [3.05, 3.63) is 22.4 Å². The van der Waals surface area contributed by atoms with Crippen LogP contribution in [0.5, 0.6) is 0 Å². The fourth-order valence-corrected chi connectivity index (χ4v) is 2.72. The van der Waals surface area contributed by atoms with Crippen LogP contribution in [0.2, 0.25) is 0 Å². The van der Waals surface area contributed by atoms with Gasteiger partial charge in [-0.2, -0.15) is 0 Å². The molecule has 1 aromatic rings. The Balaban J connectivity index is 1.77. The van der Waals surface area contributed by atoms with Crippen LogP contribution in [0, 0.1) is 5.92 Å². The lowest BCUT2D eigenvalue weighted by atomic mass is 10.0. The lowest BCUT2D eigenvalue weighted by Gasteiger charge is -2.20. The van der Waals surface area contributed by atoms with E-state index in [9.17, 15) is 5.11 Å². The van der Waals surface area contributed by atoms with Crippen LogP contribution in [0.3, 0.4) is 0 Å². The maximum absolute atomic E-state index is 10.00. The molecule has 2 nitrogen and oxygen atoms in total. The fourth-order valence-electron chi connectivity index (χ4n) is 2.00. The van der Waals surface area contributed by atoms with Crippen molar-refractivity contribution in [3.63, 3.8) is 0 Å². The number of hydrogen-bond donors (Lipinski definition) is 1. The molecule has 15 heavy (non-hydrogen) atoms. The molecule has 0 saturated heterocycles. The summed E-state index contributed by atoms with van der Waals surface area (Å²) in [5, 5.41) is 12.1. The van der Waals surface area contributed by atoms with Gasteiger partial charge in [0, 0.05) is 12.0 Å². The number of aryl methyl sites for hydroxylation is 1. The molecule has 3 heteroatoms. The Hall–Kier alpha value is -0.380. The maximum Gasteiger partial charge on any atom is 0.0858 e. The molecule has 0 spiro atoms. The summed E-state index contributed by atoms with van der Waals surface area (Å²) < 4.78 is 5.36. The van der Waals surface area contributed by atoms with Crippen molar-refractivity contribution in [2.45, 2.75) is 37.9 Å². The monoisotopic (exact) mass is 226 g/mol. The number of hydrogen-bond acceptors (Lipinski definition) is 3. The normalized spacial score (nSPS) is 20.1. The van der Waals surface area contributed by atoms with Gasteiger partial charge in [-0.1, -0.05) is 6.07 Å². The largest absolute Gasteiger partial charge is 0.390 e. The van der Waals surface area contributed by atoms with Gasteiger partial charge in [0.1, 0.15) is 0 Å². The first kappa shape index (κ1) is 11.1. The van der Waals surface area contributed by atoms with Crippen LogP contribution < -0.4 is 0 Å². The van der Waals surface area contributed by atoms with Crippen LogP contribution in [0.15, 0.2) is 17.5 Å². The van der Waals surface area contributed by atoms with E-state index < -0.39 is 0 Å². The average molecular weight is 226 g/mol. The lowest BCUT2D eigenvalue weighted by molar-refractivity contribution is -0.0276. The zero-order valence-electron chi connectivity index (χ0n) is 9.06. The van der Waals surface area contributed by atoms with Gasteiger partial charge in [-0.25, -0.2) is 0 Å². The molecule has 1 aliphatic rings. The number of rotatable bonds is 6. The van der Waals surface area contributed by atoms with E-state index in [-0.39, 0.29) is 12.2 Å². The van der Waals surface area contributed by atoms with Crippen molar-refractivity contribution in [2.75, 3.05) is 7.11 Å². The summed E-state index contributed by atoms with van der Waals surface area (Å²) in [4.78, 5) is 1.35. The Morgan fingerprint density at radius 3 is 2.93 bits per heavy atom. The molecule has 1 aliphatic carbocycles. The third-order valence-corrected chi connectivity index (χ3v) is 3.94. The highest BCUT2D eigenvalue weighted by molar-refractivity contribution is 7.09. The van der Waals surface area contributed by atoms with Crippen molar-refractivity contribution in [2.24, 2.45) is 5.92 Å². The molecule has 1 heterocycles. The number of ether oxygens (including phenoxy) is 1. The van der Waals surface area contributed by atoms with Crippen molar-refractivity contribution in [1.29, 1.82) is 0 Å². The summed E-state index contributed by atoms with van der Waals surface area (Å²) >= 11 is 1.76. The highest BCUT2D eigenvalue weighted by atomic mass is 32.1. The van der Waals surface area contributed by atoms with Gasteiger partial charge in [-0.15, -0.1) is 11.3 Å². The highest BCUT2D eigenvalue weighted by Gasteiger charge is 2.35. The van der Waals surface area contributed by atoms with Gasteiger partial charge in [0.15, 0.2) is 0 Å². The first-order valence-corrected chi connectivity index (χ1v) is 6.42. The van der Waals surface area contributed by atoms with E-state index in [2.05, 4.69) is 17.5 Å². The molecule has 2 rings (SSSR count). The number of aliphatic hydroxyl groups is 1. The van der Waals surface area contributed by atoms with Gasteiger partial charge in [0.2, 0.25) is 0 Å². The maximum atomic E-state index is 10.00. The minimum Gasteiger partial charge on any atom is -0.390 e. The standard InChI is InChI=1S/C12H18O2S/c1-14-12(9-4-5-9)11(13)7-6-10-3-2-8-15-10/h2-3,8-9,11-13H,4-7H2,1H3. The second-order valence-electron chi connectivity index (χ2n) is 4.22. The molecule has 84 valence electrons. The second-order valence-corrected chi connectivity index (χ2v) is 5.26. The molecule has 0 bridgehead atoms. The molecule has 2 unspecified atom stereocenters. The minimum atomic E-state index is -0.301. The fraction of sp³-hybridized carbons (Fsp3) is 0.667. The third kappa shape index (κ3) is 3.03. The summed E-state index contributed by atoms with van der Waals surface area (Å²) in [6.45, 7) is 0. The Kier molecular flexibility index (Phi) is 3.78. The Labute approximate surface area is 94.9 Å². The van der Waals surface area contributed by atoms with E-state index in [0.29, 0.717) is 5.92 Å². The van der Waals surface area contributed by atoms with Gasteiger partial charge in [-0.05, 0) is 43.0 Å². The molecule has 2 atom stereocenters. The van der Waals surface area contributed by atoms with Crippen molar-refractivity contribution in [1.82, 2.24) is 0 Å². The van der Waals surface area contributed by atoms with Gasteiger partial charge < -0.3 is 9.84 Å². The summed E-state index contributed by atoms with van der Waals surface area (Å²) in [5.41, 5.74) is 0. The predicted molar refractivity (Wildman–Crippen MR) is 62.2 cm³/mol. The van der Waals surface area contributed by atoms with E-state index in [1.165, 1.54) is 17.7 Å². The second kappa shape index (κ2) is 5.10. The van der Waals surface area contributed by atoms with Crippen molar-refractivity contribution >= 4 is 11.3 Å². The van der Waals surface area contributed by atoms with E-state index in [4.69, 9.17) is 4.74 Å². The van der Waals surface area contributed by atoms with Crippen LogP contribution in [-0.2, 0) is 11.2 Å². The van der Waals surface area contributed by atoms with E-state index >= 15 is 0 Å². The molecule has 1 aromatic heterocycles. The molecule has 0 aromatic carbocycles. The first-order valence-electron chi connectivity index (χ1n) is 5.54. The summed E-state index contributed by atoms with van der Waals surface area (Å²) in [6, 6.07) is 4.18. The molecular weight excluding hydrogens is 208 g/mol. The van der Waals surface area contributed by atoms with E-state index in [1.54, 1.807) is 18.4 Å². The zero-order chi connectivity index (χ0) is 10.7. The van der Waals surface area contributed by atoms with Gasteiger partial charge in [0.05, 0.1) is 12.2 Å². The van der Waals surface area contributed by atoms with Crippen LogP contribution in [0.1, 0.15) is 24.1 Å². The van der Waals surface area contributed by atoms with Crippen LogP contribution in [0.25, 0.3) is 0 Å². The minimum absolute atomic E-state index is 0.0602. The molecular formula is C12H18O2S. The highest BCUT2D eigenvalue weighted by Crippen LogP contribution is 2.36. The summed E-state index contributed by atoms with van der Waals surface area (Å²) in [7, 11) is 1.71. The zero-order valence-corrected chi connectivity index (χ0v) is 9.87. The van der Waals surface area contributed by atoms with Crippen LogP contribution in [0.4, 0.5) is 0 Å². The molecule has 0 radical (unpaired) electrons. The van der Waals surface area contributed by atoms with Crippen molar-refractivity contribution in [3.8, 4) is 0 Å². The lowest BCUT2D eigenvalue weighted by Crippen LogP contribution is -2.30. The molecule has 0 amide bonds. The Bertz CT molecular complexity index is 280. The van der Waals surface area contributed by atoms with E-state index in [1.807, 2.05) is 0 Å². The van der Waals surface area contributed by atoms with Gasteiger partial charge >= 0.3 is 0 Å². The topological polar surface area (TPSA) is 29.5 Å². The summed E-state index contributed by atoms with van der Waals surface area (Å²) in [5.74, 6) is 0.605. The average Bonchev–Trinajstić information content (AvgIpc) is 2.93. The van der Waals surface area contributed by atoms with Crippen LogP contribution >= 0.6 is 11.3 Å². The Morgan fingerprint density at radius 2 is 2.40 bits per heavy atom. The SMILES string of the molecule is COC(C(O)CCc1cccs1)C1CC1. The number of methoxy groups -OCH3 is 1. The summed E-state index contributed by atoms with van der Waals surface area (Å²) in [6.07, 6.45) is 3.97. The first-order chi connectivity index (χ1) is 7.31. The third-order valence-electron chi connectivity index (χ3n) is 3.00. The molecule has 1 N–H and O–H groups in total. The quantitative estimate of drug-likeness (QED) is 0.807. The predicted octanol–water partition coefficient (Wildman–Crippen LogP) is 2.47. The van der Waals surface area contributed by atoms with Crippen molar-refractivity contribution < 1.29 is 9.84 Å². The smallest absolute Gasteiger partial charge is 0.0858 e. The van der Waals surface area contributed by atoms with Gasteiger partial charge in [0.25, 0.3) is 0 Å². The molecule has 0 aliphatic heterocycles.